The summed E-state index contributed by atoms with van der Waals surface area (Å²) >= 11 is 0. The van der Waals surface area contributed by atoms with Crippen LogP contribution in [0.4, 0.5) is 5.95 Å². The Bertz CT molecular complexity index is 569. The molecule has 0 saturated heterocycles. The van der Waals surface area contributed by atoms with E-state index in [2.05, 4.69) is 21.4 Å². The fraction of sp³-hybridized carbons (Fsp3) is 0.286. The second kappa shape index (κ2) is 4.64. The van der Waals surface area contributed by atoms with Gasteiger partial charge < -0.3 is 10.1 Å². The maximum absolute atomic E-state index is 5.51. The normalized spacial score (nSPS) is 12.9. The van der Waals surface area contributed by atoms with Crippen LogP contribution in [0.15, 0.2) is 30.5 Å². The summed E-state index contributed by atoms with van der Waals surface area (Å²) in [4.78, 5) is 8.68. The average Bonchev–Trinajstić information content (AvgIpc) is 2.86. The third-order valence-corrected chi connectivity index (χ3v) is 2.98. The van der Waals surface area contributed by atoms with Crippen LogP contribution in [0.1, 0.15) is 12.5 Å². The van der Waals surface area contributed by atoms with Crippen molar-refractivity contribution in [3.63, 3.8) is 0 Å². The van der Waals surface area contributed by atoms with Gasteiger partial charge in [0.1, 0.15) is 5.75 Å². The second-order valence-electron chi connectivity index (χ2n) is 4.22. The number of fused-ring (bicyclic) bond motifs is 1. The predicted octanol–water partition coefficient (Wildman–Crippen LogP) is 2.51. The van der Waals surface area contributed by atoms with Gasteiger partial charge in [0, 0.05) is 24.7 Å². The van der Waals surface area contributed by atoms with Crippen LogP contribution in [0.2, 0.25) is 0 Å². The summed E-state index contributed by atoms with van der Waals surface area (Å²) in [6.07, 6.45) is 2.76. The molecule has 0 bridgehead atoms. The molecule has 0 aliphatic carbocycles. The number of rotatable bonds is 3. The van der Waals surface area contributed by atoms with Gasteiger partial charge in [-0.1, -0.05) is 0 Å². The number of hydrogen-bond acceptors (Lipinski definition) is 4. The molecule has 0 saturated carbocycles. The summed E-state index contributed by atoms with van der Waals surface area (Å²) in [5, 5.41) is 3.12. The van der Waals surface area contributed by atoms with Gasteiger partial charge in [-0.25, -0.2) is 9.97 Å². The van der Waals surface area contributed by atoms with Gasteiger partial charge in [-0.2, -0.15) is 0 Å². The minimum atomic E-state index is 0.673. The number of aromatic nitrogens is 2. The molecule has 0 spiro atoms. The Morgan fingerprint density at radius 1 is 1.33 bits per heavy atom. The lowest BCUT2D eigenvalue weighted by Crippen LogP contribution is -2.02. The van der Waals surface area contributed by atoms with Crippen molar-refractivity contribution in [2.24, 2.45) is 0 Å². The lowest BCUT2D eigenvalue weighted by Gasteiger charge is -2.06. The molecular weight excluding hydrogens is 226 g/mol. The molecule has 92 valence electrons. The Morgan fingerprint density at radius 3 is 3.17 bits per heavy atom. The maximum atomic E-state index is 5.51. The van der Waals surface area contributed by atoms with Crippen molar-refractivity contribution in [1.29, 1.82) is 0 Å². The Kier molecular flexibility index (Phi) is 2.84. The highest BCUT2D eigenvalue weighted by molar-refractivity contribution is 5.63. The van der Waals surface area contributed by atoms with Crippen molar-refractivity contribution in [1.82, 2.24) is 9.97 Å². The molecule has 0 radical (unpaired) electrons. The fourth-order valence-electron chi connectivity index (χ4n) is 2.11. The molecule has 1 aliphatic heterocycles. The molecule has 0 atom stereocenters. The first kappa shape index (κ1) is 11.0. The molecule has 1 aromatic carbocycles. The summed E-state index contributed by atoms with van der Waals surface area (Å²) in [5.74, 6) is 1.67. The third kappa shape index (κ3) is 2.01. The van der Waals surface area contributed by atoms with E-state index in [1.807, 2.05) is 25.1 Å². The van der Waals surface area contributed by atoms with Gasteiger partial charge >= 0.3 is 0 Å². The quantitative estimate of drug-likeness (QED) is 0.897. The highest BCUT2D eigenvalue weighted by Gasteiger charge is 2.13. The molecule has 2 aromatic rings. The van der Waals surface area contributed by atoms with E-state index in [4.69, 9.17) is 4.74 Å². The van der Waals surface area contributed by atoms with Crippen molar-refractivity contribution in [2.75, 3.05) is 18.5 Å². The van der Waals surface area contributed by atoms with Crippen LogP contribution in [0, 0.1) is 0 Å². The molecule has 1 aliphatic rings. The second-order valence-corrected chi connectivity index (χ2v) is 4.22. The molecule has 4 heteroatoms. The van der Waals surface area contributed by atoms with Crippen LogP contribution < -0.4 is 10.1 Å². The minimum absolute atomic E-state index is 0.673. The topological polar surface area (TPSA) is 47.0 Å². The van der Waals surface area contributed by atoms with Crippen LogP contribution >= 0.6 is 0 Å². The summed E-state index contributed by atoms with van der Waals surface area (Å²) in [7, 11) is 0. The average molecular weight is 241 g/mol. The van der Waals surface area contributed by atoms with E-state index in [-0.39, 0.29) is 0 Å². The van der Waals surface area contributed by atoms with Crippen LogP contribution in [-0.4, -0.2) is 23.1 Å². The van der Waals surface area contributed by atoms with Crippen molar-refractivity contribution in [2.45, 2.75) is 13.3 Å². The van der Waals surface area contributed by atoms with E-state index in [1.54, 1.807) is 6.20 Å². The maximum Gasteiger partial charge on any atom is 0.223 e. The van der Waals surface area contributed by atoms with Crippen LogP contribution in [-0.2, 0) is 6.42 Å². The van der Waals surface area contributed by atoms with Gasteiger partial charge in [0.05, 0.1) is 12.3 Å². The zero-order valence-corrected chi connectivity index (χ0v) is 10.3. The Balaban J connectivity index is 1.96. The molecule has 4 nitrogen and oxygen atoms in total. The molecule has 0 amide bonds. The standard InChI is InChI=1S/C14H15N3O/c1-2-15-14-16-7-5-12(17-14)10-3-4-13-11(9-10)6-8-18-13/h3-5,7,9H,2,6,8H2,1H3,(H,15,16,17). The smallest absolute Gasteiger partial charge is 0.223 e. The molecule has 2 heterocycles. The van der Waals surface area contributed by atoms with Crippen molar-refractivity contribution in [3.8, 4) is 17.0 Å². The van der Waals surface area contributed by atoms with E-state index in [0.29, 0.717) is 5.95 Å². The van der Waals surface area contributed by atoms with E-state index in [9.17, 15) is 0 Å². The first-order valence-electron chi connectivity index (χ1n) is 6.20. The van der Waals surface area contributed by atoms with Gasteiger partial charge in [-0.05, 0) is 36.8 Å². The van der Waals surface area contributed by atoms with Crippen molar-refractivity contribution < 1.29 is 4.74 Å². The van der Waals surface area contributed by atoms with Crippen LogP contribution in [0.3, 0.4) is 0 Å². The fourth-order valence-corrected chi connectivity index (χ4v) is 2.11. The predicted molar refractivity (Wildman–Crippen MR) is 70.8 cm³/mol. The van der Waals surface area contributed by atoms with Gasteiger partial charge in [0.25, 0.3) is 0 Å². The molecule has 1 N–H and O–H groups in total. The Labute approximate surface area is 106 Å². The molecular formula is C14H15N3O. The molecule has 3 rings (SSSR count). The van der Waals surface area contributed by atoms with E-state index >= 15 is 0 Å². The molecule has 0 fully saturated rings. The number of benzene rings is 1. The zero-order valence-electron chi connectivity index (χ0n) is 10.3. The highest BCUT2D eigenvalue weighted by atomic mass is 16.5. The van der Waals surface area contributed by atoms with Gasteiger partial charge in [-0.3, -0.25) is 0 Å². The van der Waals surface area contributed by atoms with Gasteiger partial charge in [0.15, 0.2) is 0 Å². The number of ether oxygens (including phenoxy) is 1. The lowest BCUT2D eigenvalue weighted by atomic mass is 10.1. The summed E-state index contributed by atoms with van der Waals surface area (Å²) < 4.78 is 5.51. The number of nitrogens with one attached hydrogen (secondary N) is 1. The molecule has 0 unspecified atom stereocenters. The van der Waals surface area contributed by atoms with E-state index in [1.165, 1.54) is 5.56 Å². The van der Waals surface area contributed by atoms with E-state index < -0.39 is 0 Å². The van der Waals surface area contributed by atoms with Crippen molar-refractivity contribution in [3.05, 3.63) is 36.0 Å². The van der Waals surface area contributed by atoms with Crippen molar-refractivity contribution >= 4 is 5.95 Å². The third-order valence-electron chi connectivity index (χ3n) is 2.98. The SMILES string of the molecule is CCNc1nccc(-c2ccc3c(c2)CCO3)n1. The largest absolute Gasteiger partial charge is 0.493 e. The van der Waals surface area contributed by atoms with Gasteiger partial charge in [-0.15, -0.1) is 0 Å². The highest BCUT2D eigenvalue weighted by Crippen LogP contribution is 2.29. The van der Waals surface area contributed by atoms with Gasteiger partial charge in [0.2, 0.25) is 5.95 Å². The summed E-state index contributed by atoms with van der Waals surface area (Å²) in [5.41, 5.74) is 3.31. The Hall–Kier alpha value is -2.10. The molecule has 1 aromatic heterocycles. The number of hydrogen-bond donors (Lipinski definition) is 1. The lowest BCUT2D eigenvalue weighted by molar-refractivity contribution is 0.357. The first-order chi connectivity index (χ1) is 8.86. The number of nitrogens with zero attached hydrogens (tertiary/aromatic N) is 2. The summed E-state index contributed by atoms with van der Waals surface area (Å²) in [6, 6.07) is 8.15. The monoisotopic (exact) mass is 241 g/mol. The molecule has 18 heavy (non-hydrogen) atoms. The Morgan fingerprint density at radius 2 is 2.28 bits per heavy atom. The number of anilines is 1. The summed E-state index contributed by atoms with van der Waals surface area (Å²) in [6.45, 7) is 3.63. The van der Waals surface area contributed by atoms with Crippen LogP contribution in [0.5, 0.6) is 5.75 Å². The van der Waals surface area contributed by atoms with Crippen LogP contribution in [0.25, 0.3) is 11.3 Å². The first-order valence-corrected chi connectivity index (χ1v) is 6.20. The van der Waals surface area contributed by atoms with E-state index in [0.717, 1.165) is 36.6 Å². The minimum Gasteiger partial charge on any atom is -0.493 e. The zero-order chi connectivity index (χ0) is 12.4.